The molecule has 0 saturated heterocycles. The normalized spacial score (nSPS) is 16.7. The Kier molecular flexibility index (Phi) is 3.50. The average molecular weight is 277 g/mol. The van der Waals surface area contributed by atoms with Crippen molar-refractivity contribution < 1.29 is 0 Å². The van der Waals surface area contributed by atoms with Crippen molar-refractivity contribution in [1.29, 1.82) is 0 Å². The highest BCUT2D eigenvalue weighted by molar-refractivity contribution is 7.09. The minimum atomic E-state index is 0.589. The second kappa shape index (κ2) is 5.28. The summed E-state index contributed by atoms with van der Waals surface area (Å²) < 4.78 is 6.09. The van der Waals surface area contributed by atoms with Gasteiger partial charge < -0.3 is 5.32 Å². The molecule has 1 saturated carbocycles. The van der Waals surface area contributed by atoms with Gasteiger partial charge in [-0.1, -0.05) is 19.3 Å². The Balaban J connectivity index is 1.84. The fourth-order valence-corrected chi connectivity index (χ4v) is 3.33. The zero-order valence-corrected chi connectivity index (χ0v) is 12.2. The molecule has 2 aromatic rings. The van der Waals surface area contributed by atoms with E-state index in [9.17, 15) is 0 Å². The van der Waals surface area contributed by atoms with Gasteiger partial charge >= 0.3 is 0 Å². The molecule has 19 heavy (non-hydrogen) atoms. The summed E-state index contributed by atoms with van der Waals surface area (Å²) in [7, 11) is 1.98. The van der Waals surface area contributed by atoms with Crippen LogP contribution in [0.1, 0.15) is 49.5 Å². The Bertz CT molecular complexity index is 553. The van der Waals surface area contributed by atoms with Crippen molar-refractivity contribution in [2.75, 3.05) is 5.32 Å². The van der Waals surface area contributed by atoms with Crippen LogP contribution in [0.5, 0.6) is 0 Å². The molecule has 0 radical (unpaired) electrons. The van der Waals surface area contributed by atoms with Crippen molar-refractivity contribution in [3.8, 4) is 0 Å². The molecule has 3 rings (SSSR count). The monoisotopic (exact) mass is 277 g/mol. The lowest BCUT2D eigenvalue weighted by Crippen LogP contribution is -2.07. The fraction of sp³-hybridized carbons (Fsp3) is 0.615. The lowest BCUT2D eigenvalue weighted by Gasteiger charge is -2.20. The second-order valence-corrected chi connectivity index (χ2v) is 5.96. The van der Waals surface area contributed by atoms with E-state index in [1.54, 1.807) is 0 Å². The Morgan fingerprint density at radius 1 is 1.32 bits per heavy atom. The van der Waals surface area contributed by atoms with E-state index < -0.39 is 0 Å². The maximum Gasteiger partial charge on any atom is 0.207 e. The molecule has 1 N–H and O–H groups in total. The molecule has 0 aromatic carbocycles. The van der Waals surface area contributed by atoms with Crippen molar-refractivity contribution in [2.45, 2.75) is 44.9 Å². The molecule has 0 aliphatic heterocycles. The van der Waals surface area contributed by atoms with E-state index in [1.165, 1.54) is 49.3 Å². The molecule has 5 nitrogen and oxygen atoms in total. The van der Waals surface area contributed by atoms with Gasteiger partial charge in [-0.15, -0.1) is 0 Å². The lowest BCUT2D eigenvalue weighted by atomic mass is 9.86. The third kappa shape index (κ3) is 2.78. The van der Waals surface area contributed by atoms with Crippen molar-refractivity contribution in [1.82, 2.24) is 19.1 Å². The number of hydrogen-bond donors (Lipinski definition) is 1. The summed E-state index contributed by atoms with van der Waals surface area (Å²) >= 11 is 1.40. The number of aromatic nitrogens is 4. The van der Waals surface area contributed by atoms with Crippen molar-refractivity contribution in [3.05, 3.63) is 17.7 Å². The van der Waals surface area contributed by atoms with Gasteiger partial charge in [-0.3, -0.25) is 4.68 Å². The number of nitrogens with one attached hydrogen (secondary N) is 1. The second-order valence-electron chi connectivity index (χ2n) is 5.21. The number of aryl methyl sites for hydroxylation is 2. The topological polar surface area (TPSA) is 55.6 Å². The maximum atomic E-state index is 4.65. The highest BCUT2D eigenvalue weighted by Gasteiger charge is 2.22. The maximum absolute atomic E-state index is 4.65. The van der Waals surface area contributed by atoms with Crippen LogP contribution in [0.15, 0.2) is 6.20 Å². The van der Waals surface area contributed by atoms with Crippen LogP contribution in [0.3, 0.4) is 0 Å². The van der Waals surface area contributed by atoms with Gasteiger partial charge in [0.25, 0.3) is 0 Å². The van der Waals surface area contributed by atoms with Gasteiger partial charge in [-0.25, -0.2) is 4.98 Å². The molecule has 1 fully saturated rings. The van der Waals surface area contributed by atoms with Crippen LogP contribution in [0, 0.1) is 6.92 Å². The summed E-state index contributed by atoms with van der Waals surface area (Å²) in [5, 5.41) is 8.87. The number of nitrogens with zero attached hydrogens (tertiary/aromatic N) is 4. The van der Waals surface area contributed by atoms with Gasteiger partial charge in [0, 0.05) is 30.7 Å². The van der Waals surface area contributed by atoms with Crippen LogP contribution in [-0.4, -0.2) is 19.1 Å². The quantitative estimate of drug-likeness (QED) is 0.934. The zero-order valence-electron chi connectivity index (χ0n) is 11.4. The molecule has 0 atom stereocenters. The fourth-order valence-electron chi connectivity index (χ4n) is 2.74. The molecule has 1 aliphatic carbocycles. The highest BCUT2D eigenvalue weighted by atomic mass is 32.1. The average Bonchev–Trinajstić information content (AvgIpc) is 2.97. The number of anilines is 2. The summed E-state index contributed by atoms with van der Waals surface area (Å²) in [4.78, 5) is 4.36. The predicted octanol–water partition coefficient (Wildman–Crippen LogP) is 3.37. The minimum Gasteiger partial charge on any atom is -0.327 e. The summed E-state index contributed by atoms with van der Waals surface area (Å²) in [6.07, 6.45) is 8.54. The van der Waals surface area contributed by atoms with E-state index >= 15 is 0 Å². The van der Waals surface area contributed by atoms with E-state index in [2.05, 4.69) is 19.8 Å². The Morgan fingerprint density at radius 2 is 2.11 bits per heavy atom. The van der Waals surface area contributed by atoms with Gasteiger partial charge in [0.1, 0.15) is 5.82 Å². The van der Waals surface area contributed by atoms with E-state index in [1.807, 2.05) is 24.9 Å². The van der Waals surface area contributed by atoms with Crippen LogP contribution in [-0.2, 0) is 7.05 Å². The van der Waals surface area contributed by atoms with Gasteiger partial charge in [-0.05, 0) is 19.8 Å². The van der Waals surface area contributed by atoms with E-state index in [-0.39, 0.29) is 0 Å². The molecular formula is C13H19N5S. The van der Waals surface area contributed by atoms with Crippen LogP contribution >= 0.6 is 11.5 Å². The van der Waals surface area contributed by atoms with Crippen LogP contribution in [0.2, 0.25) is 0 Å². The number of hydrogen-bond acceptors (Lipinski definition) is 5. The molecule has 2 heterocycles. The molecule has 0 spiro atoms. The van der Waals surface area contributed by atoms with Gasteiger partial charge in [-0.2, -0.15) is 9.47 Å². The SMILES string of the molecule is Cc1nsc(Nc2cn(C)nc2C2CCCCC2)n1. The summed E-state index contributed by atoms with van der Waals surface area (Å²) in [5.74, 6) is 1.40. The molecule has 0 unspecified atom stereocenters. The largest absolute Gasteiger partial charge is 0.327 e. The first kappa shape index (κ1) is 12.6. The first-order valence-electron chi connectivity index (χ1n) is 6.83. The standard InChI is InChI=1S/C13H19N5S/c1-9-14-13(19-17-9)15-11-8-18(2)16-12(11)10-6-4-3-5-7-10/h8,10H,3-7H2,1-2H3,(H,14,15,17). The van der Waals surface area contributed by atoms with Crippen LogP contribution in [0.25, 0.3) is 0 Å². The molecule has 0 bridgehead atoms. The summed E-state index contributed by atoms with van der Waals surface area (Å²) in [6, 6.07) is 0. The summed E-state index contributed by atoms with van der Waals surface area (Å²) in [6.45, 7) is 1.91. The highest BCUT2D eigenvalue weighted by Crippen LogP contribution is 2.36. The molecule has 102 valence electrons. The van der Waals surface area contributed by atoms with E-state index in [4.69, 9.17) is 0 Å². The Morgan fingerprint density at radius 3 is 2.79 bits per heavy atom. The third-order valence-electron chi connectivity index (χ3n) is 3.62. The first-order valence-corrected chi connectivity index (χ1v) is 7.60. The molecule has 2 aromatic heterocycles. The van der Waals surface area contributed by atoms with Gasteiger partial charge in [0.2, 0.25) is 5.13 Å². The zero-order chi connectivity index (χ0) is 13.2. The molecule has 0 amide bonds. The van der Waals surface area contributed by atoms with E-state index in [0.29, 0.717) is 5.92 Å². The summed E-state index contributed by atoms with van der Waals surface area (Å²) in [5.41, 5.74) is 2.28. The predicted molar refractivity (Wildman–Crippen MR) is 77.0 cm³/mol. The van der Waals surface area contributed by atoms with Crippen molar-refractivity contribution in [2.24, 2.45) is 7.05 Å². The number of rotatable bonds is 3. The Labute approximate surface area is 117 Å². The van der Waals surface area contributed by atoms with Crippen LogP contribution in [0.4, 0.5) is 10.8 Å². The molecular weight excluding hydrogens is 258 g/mol. The lowest BCUT2D eigenvalue weighted by molar-refractivity contribution is 0.434. The van der Waals surface area contributed by atoms with Crippen molar-refractivity contribution in [3.63, 3.8) is 0 Å². The van der Waals surface area contributed by atoms with E-state index in [0.717, 1.165) is 16.6 Å². The smallest absolute Gasteiger partial charge is 0.207 e. The van der Waals surface area contributed by atoms with Crippen LogP contribution < -0.4 is 5.32 Å². The first-order chi connectivity index (χ1) is 9.22. The Hall–Kier alpha value is -1.43. The van der Waals surface area contributed by atoms with Crippen molar-refractivity contribution >= 4 is 22.4 Å². The van der Waals surface area contributed by atoms with Gasteiger partial charge in [0.05, 0.1) is 11.4 Å². The van der Waals surface area contributed by atoms with Gasteiger partial charge in [0.15, 0.2) is 0 Å². The molecule has 1 aliphatic rings. The minimum absolute atomic E-state index is 0.589. The third-order valence-corrected chi connectivity index (χ3v) is 4.34. The molecule has 6 heteroatoms.